The molecule has 0 fully saturated rings. The maximum atomic E-state index is 12.8. The van der Waals surface area contributed by atoms with E-state index in [9.17, 15) is 14.7 Å². The van der Waals surface area contributed by atoms with E-state index in [0.717, 1.165) is 21.7 Å². The number of phenols is 1. The lowest BCUT2D eigenvalue weighted by atomic mass is 10.2. The summed E-state index contributed by atoms with van der Waals surface area (Å²) >= 11 is 2.79. The normalized spacial score (nSPS) is 10.9. The maximum Gasteiger partial charge on any atom is 0.347 e. The number of H-pyrrole nitrogens is 1. The molecule has 0 saturated carbocycles. The van der Waals surface area contributed by atoms with Gasteiger partial charge in [0.1, 0.15) is 17.7 Å². The summed E-state index contributed by atoms with van der Waals surface area (Å²) < 4.78 is 1.59. The summed E-state index contributed by atoms with van der Waals surface area (Å²) in [6.07, 6.45) is 2.52. The predicted octanol–water partition coefficient (Wildman–Crippen LogP) is 3.37. The Morgan fingerprint density at radius 1 is 1.43 bits per heavy atom. The summed E-state index contributed by atoms with van der Waals surface area (Å²) in [7, 11) is 0. The van der Waals surface area contributed by atoms with Crippen LogP contribution in [0.3, 0.4) is 0 Å². The number of aromatic hydroxyl groups is 1. The first-order chi connectivity index (χ1) is 13.4. The quantitative estimate of drug-likeness (QED) is 0.268. The van der Waals surface area contributed by atoms with Gasteiger partial charge in [0.25, 0.3) is 0 Å². The second kappa shape index (κ2) is 8.62. The van der Waals surface area contributed by atoms with Crippen LogP contribution in [0.5, 0.6) is 5.75 Å². The summed E-state index contributed by atoms with van der Waals surface area (Å²) in [6.45, 7) is 8.01. The van der Waals surface area contributed by atoms with Crippen molar-refractivity contribution >= 4 is 44.9 Å². The zero-order chi connectivity index (χ0) is 20.3. The average molecular weight is 417 g/mol. The molecule has 0 aliphatic rings. The molecular weight excluding hydrogens is 394 g/mol. The number of hydrogen-bond acceptors (Lipinski definition) is 5. The number of aromatic amines is 1. The number of nitrogens with zero attached hydrogens (tertiary/aromatic N) is 1. The fourth-order valence-electron chi connectivity index (χ4n) is 2.75. The molecule has 3 N–H and O–H groups in total. The van der Waals surface area contributed by atoms with E-state index < -0.39 is 0 Å². The Bertz CT molecular complexity index is 1100. The van der Waals surface area contributed by atoms with Gasteiger partial charge in [-0.2, -0.15) is 4.57 Å². The number of aromatic nitrogens is 2. The van der Waals surface area contributed by atoms with Crippen molar-refractivity contribution in [1.82, 2.24) is 4.57 Å². The summed E-state index contributed by atoms with van der Waals surface area (Å²) in [6, 6.07) is 6.94. The Balaban J connectivity index is 1.83. The van der Waals surface area contributed by atoms with E-state index in [4.69, 9.17) is 0 Å². The van der Waals surface area contributed by atoms with E-state index in [1.54, 1.807) is 40.2 Å². The smallest absolute Gasteiger partial charge is 0.347 e. The maximum absolute atomic E-state index is 12.8. The van der Waals surface area contributed by atoms with Crippen molar-refractivity contribution < 1.29 is 14.9 Å². The molecule has 0 bridgehead atoms. The number of amides is 1. The van der Waals surface area contributed by atoms with Gasteiger partial charge in [-0.05, 0) is 48.9 Å². The Morgan fingerprint density at radius 3 is 2.93 bits per heavy atom. The summed E-state index contributed by atoms with van der Waals surface area (Å²) in [4.78, 5) is 30.4. The SMILES string of the molecule is C=CCn1c(SCC(=O)Nc2cc(C)ccc2O)[nH+]c2sc(CC)cc2c1=O. The van der Waals surface area contributed by atoms with Gasteiger partial charge in [-0.15, -0.1) is 0 Å². The standard InChI is InChI=1S/C20H21N3O3S2/c1-4-8-23-19(26)14-10-13(5-2)28-18(14)22-20(23)27-11-17(25)21-15-9-12(3)6-7-16(15)24/h4,6-7,9-10,24H,1,5,8,11H2,2-3H3,(H,21,25)/p+1. The highest BCUT2D eigenvalue weighted by Gasteiger charge is 2.21. The molecule has 2 aromatic heterocycles. The first kappa shape index (κ1) is 20.2. The van der Waals surface area contributed by atoms with Crippen molar-refractivity contribution in [3.8, 4) is 5.75 Å². The second-order valence-electron chi connectivity index (χ2n) is 6.30. The van der Waals surface area contributed by atoms with Crippen LogP contribution in [-0.4, -0.2) is 21.3 Å². The van der Waals surface area contributed by atoms with Gasteiger partial charge in [0.05, 0.1) is 11.4 Å². The third-order valence-corrected chi connectivity index (χ3v) is 6.35. The molecule has 0 saturated heterocycles. The number of nitrogens with one attached hydrogen (secondary N) is 2. The number of carbonyl (C=O) groups excluding carboxylic acids is 1. The van der Waals surface area contributed by atoms with Gasteiger partial charge in [0.15, 0.2) is 4.83 Å². The Morgan fingerprint density at radius 2 is 2.21 bits per heavy atom. The van der Waals surface area contributed by atoms with Crippen molar-refractivity contribution in [3.63, 3.8) is 0 Å². The molecule has 146 valence electrons. The minimum absolute atomic E-state index is 0.0196. The first-order valence-electron chi connectivity index (χ1n) is 8.84. The lowest BCUT2D eigenvalue weighted by Gasteiger charge is -2.08. The van der Waals surface area contributed by atoms with Crippen LogP contribution < -0.4 is 15.9 Å². The fraction of sp³-hybridized carbons (Fsp3) is 0.250. The Hall–Kier alpha value is -2.58. The number of phenolic OH excluding ortho intramolecular Hbond substituents is 1. The van der Waals surface area contributed by atoms with Gasteiger partial charge in [0, 0.05) is 4.88 Å². The van der Waals surface area contributed by atoms with Crippen LogP contribution in [0, 0.1) is 6.92 Å². The van der Waals surface area contributed by atoms with Gasteiger partial charge in [-0.1, -0.05) is 37.0 Å². The number of benzene rings is 1. The number of anilines is 1. The van der Waals surface area contributed by atoms with Crippen LogP contribution in [0.25, 0.3) is 10.2 Å². The highest BCUT2D eigenvalue weighted by molar-refractivity contribution is 7.99. The Kier molecular flexibility index (Phi) is 6.21. The van der Waals surface area contributed by atoms with E-state index in [-0.39, 0.29) is 23.0 Å². The van der Waals surface area contributed by atoms with Crippen LogP contribution in [0.1, 0.15) is 17.4 Å². The van der Waals surface area contributed by atoms with Crippen molar-refractivity contribution in [2.24, 2.45) is 0 Å². The largest absolute Gasteiger partial charge is 0.506 e. The molecule has 28 heavy (non-hydrogen) atoms. The predicted molar refractivity (Wildman–Crippen MR) is 114 cm³/mol. The molecule has 0 spiro atoms. The highest BCUT2D eigenvalue weighted by Crippen LogP contribution is 2.25. The lowest BCUT2D eigenvalue weighted by molar-refractivity contribution is -0.404. The monoisotopic (exact) mass is 416 g/mol. The minimum Gasteiger partial charge on any atom is -0.506 e. The second-order valence-corrected chi connectivity index (χ2v) is 8.40. The summed E-state index contributed by atoms with van der Waals surface area (Å²) in [5.74, 6) is -0.151. The fourth-order valence-corrected chi connectivity index (χ4v) is 4.63. The number of thiophene rings is 1. The first-order valence-corrected chi connectivity index (χ1v) is 10.6. The van der Waals surface area contributed by atoms with Crippen LogP contribution in [0.2, 0.25) is 0 Å². The minimum atomic E-state index is -0.266. The van der Waals surface area contributed by atoms with E-state index >= 15 is 0 Å². The average Bonchev–Trinajstić information content (AvgIpc) is 3.09. The third-order valence-electron chi connectivity index (χ3n) is 4.15. The van der Waals surface area contributed by atoms with Crippen LogP contribution in [-0.2, 0) is 17.8 Å². The molecule has 8 heteroatoms. The van der Waals surface area contributed by atoms with Crippen LogP contribution in [0.15, 0.2) is 46.9 Å². The van der Waals surface area contributed by atoms with Crippen molar-refractivity contribution in [1.29, 1.82) is 0 Å². The molecule has 1 aromatic carbocycles. The van der Waals surface area contributed by atoms with Crippen LogP contribution >= 0.6 is 23.1 Å². The highest BCUT2D eigenvalue weighted by atomic mass is 32.2. The number of fused-ring (bicyclic) bond motifs is 1. The van der Waals surface area contributed by atoms with E-state index in [1.807, 2.05) is 19.9 Å². The van der Waals surface area contributed by atoms with Gasteiger partial charge >= 0.3 is 10.7 Å². The van der Waals surface area contributed by atoms with Crippen molar-refractivity contribution in [2.75, 3.05) is 11.1 Å². The van der Waals surface area contributed by atoms with Crippen molar-refractivity contribution in [3.05, 3.63) is 57.7 Å². The molecule has 0 atom stereocenters. The van der Waals surface area contributed by atoms with Crippen molar-refractivity contribution in [2.45, 2.75) is 32.0 Å². The topological polar surface area (TPSA) is 85.5 Å². The van der Waals surface area contributed by atoms with Gasteiger partial charge < -0.3 is 10.4 Å². The number of thioether (sulfide) groups is 1. The molecule has 1 amide bonds. The number of allylic oxidation sites excluding steroid dienone is 1. The van der Waals surface area contributed by atoms with Gasteiger partial charge in [-0.25, -0.2) is 9.78 Å². The molecule has 2 heterocycles. The van der Waals surface area contributed by atoms with Gasteiger partial charge in [-0.3, -0.25) is 4.79 Å². The number of rotatable bonds is 7. The Labute approximate surface area is 170 Å². The molecular formula is C20H22N3O3S2+. The molecule has 0 unspecified atom stereocenters. The van der Waals surface area contributed by atoms with Gasteiger partial charge in [0.2, 0.25) is 5.91 Å². The van der Waals surface area contributed by atoms with E-state index in [0.29, 0.717) is 22.8 Å². The summed E-state index contributed by atoms with van der Waals surface area (Å²) in [5, 5.41) is 13.8. The van der Waals surface area contributed by atoms with E-state index in [1.165, 1.54) is 11.8 Å². The zero-order valence-corrected chi connectivity index (χ0v) is 17.4. The molecule has 0 aliphatic carbocycles. The van der Waals surface area contributed by atoms with Crippen LogP contribution in [0.4, 0.5) is 5.69 Å². The molecule has 3 aromatic rings. The number of hydrogen-bond donors (Lipinski definition) is 2. The molecule has 3 rings (SSSR count). The van der Waals surface area contributed by atoms with E-state index in [2.05, 4.69) is 16.9 Å². The third kappa shape index (κ3) is 4.28. The lowest BCUT2D eigenvalue weighted by Crippen LogP contribution is -2.29. The molecule has 0 radical (unpaired) electrons. The summed E-state index contributed by atoms with van der Waals surface area (Å²) in [5.41, 5.74) is 1.21. The molecule has 6 nitrogen and oxygen atoms in total. The molecule has 0 aliphatic heterocycles. The number of aryl methyl sites for hydroxylation is 2. The zero-order valence-electron chi connectivity index (χ0n) is 15.7. The number of carbonyl (C=O) groups is 1.